The number of anilines is 1. The highest BCUT2D eigenvalue weighted by molar-refractivity contribution is 5.93. The predicted octanol–water partition coefficient (Wildman–Crippen LogP) is 0.398. The van der Waals surface area contributed by atoms with E-state index in [1.54, 1.807) is 16.0 Å². The van der Waals surface area contributed by atoms with E-state index in [0.717, 1.165) is 12.1 Å². The van der Waals surface area contributed by atoms with Crippen LogP contribution in [-0.4, -0.2) is 63.2 Å². The highest BCUT2D eigenvalue weighted by atomic mass is 16.2. The molecule has 1 aliphatic heterocycles. The molecule has 0 radical (unpaired) electrons. The second kappa shape index (κ2) is 7.49. The molecule has 0 bridgehead atoms. The van der Waals surface area contributed by atoms with Crippen molar-refractivity contribution in [1.29, 1.82) is 0 Å². The van der Waals surface area contributed by atoms with Gasteiger partial charge in [0.05, 0.1) is 17.8 Å². The lowest BCUT2D eigenvalue weighted by atomic mass is 10.2. The molecule has 1 N–H and O–H groups in total. The number of hydrogen-bond acceptors (Lipinski definition) is 6. The first-order chi connectivity index (χ1) is 11.8. The number of carbonyl (C=O) groups is 2. The van der Waals surface area contributed by atoms with Crippen molar-refractivity contribution >= 4 is 18.3 Å². The fourth-order valence-electron chi connectivity index (χ4n) is 2.42. The van der Waals surface area contributed by atoms with Crippen LogP contribution in [0.2, 0.25) is 0 Å². The number of piperazine rings is 1. The molecule has 1 fully saturated rings. The van der Waals surface area contributed by atoms with E-state index in [1.807, 2.05) is 18.2 Å². The number of pyridine rings is 1. The normalized spacial score (nSPS) is 14.3. The molecule has 0 unspecified atom stereocenters. The van der Waals surface area contributed by atoms with E-state index >= 15 is 0 Å². The molecule has 2 aromatic rings. The Kier molecular flexibility index (Phi) is 4.95. The average Bonchev–Trinajstić information content (AvgIpc) is 2.67. The second-order valence-electron chi connectivity index (χ2n) is 5.40. The van der Waals surface area contributed by atoms with Gasteiger partial charge in [-0.1, -0.05) is 6.07 Å². The Bertz CT molecular complexity index is 683. The quantitative estimate of drug-likeness (QED) is 0.800. The number of carbonyl (C=O) groups excluding carboxylic acids is 2. The zero-order chi connectivity index (χ0) is 16.8. The topological polar surface area (TPSA) is 91.3 Å². The Morgan fingerprint density at radius 3 is 2.50 bits per heavy atom. The third-order valence-electron chi connectivity index (χ3n) is 3.80. The minimum atomic E-state index is -0.114. The predicted molar refractivity (Wildman–Crippen MR) is 87.1 cm³/mol. The van der Waals surface area contributed by atoms with Gasteiger partial charge in [-0.15, -0.1) is 0 Å². The Morgan fingerprint density at radius 2 is 1.88 bits per heavy atom. The number of nitrogens with one attached hydrogen (secondary N) is 1. The average molecular weight is 326 g/mol. The Labute approximate surface area is 139 Å². The van der Waals surface area contributed by atoms with Gasteiger partial charge in [-0.2, -0.15) is 0 Å². The van der Waals surface area contributed by atoms with Gasteiger partial charge < -0.3 is 15.1 Å². The van der Waals surface area contributed by atoms with Crippen LogP contribution in [0.1, 0.15) is 16.1 Å². The van der Waals surface area contributed by atoms with Crippen molar-refractivity contribution in [2.24, 2.45) is 0 Å². The van der Waals surface area contributed by atoms with Crippen molar-refractivity contribution in [3.63, 3.8) is 0 Å². The van der Waals surface area contributed by atoms with Crippen LogP contribution < -0.4 is 5.32 Å². The summed E-state index contributed by atoms with van der Waals surface area (Å²) in [6.45, 7) is 2.68. The van der Waals surface area contributed by atoms with E-state index in [-0.39, 0.29) is 5.91 Å². The molecule has 1 aliphatic rings. The molecule has 0 spiro atoms. The molecule has 8 nitrogen and oxygen atoms in total. The van der Waals surface area contributed by atoms with Crippen molar-refractivity contribution in [2.45, 2.75) is 6.54 Å². The van der Waals surface area contributed by atoms with Gasteiger partial charge >= 0.3 is 0 Å². The maximum Gasteiger partial charge on any atom is 0.257 e. The van der Waals surface area contributed by atoms with Crippen LogP contribution in [0.25, 0.3) is 0 Å². The molecule has 8 heteroatoms. The molecule has 3 heterocycles. The van der Waals surface area contributed by atoms with Crippen molar-refractivity contribution < 1.29 is 9.59 Å². The van der Waals surface area contributed by atoms with E-state index in [2.05, 4.69) is 20.3 Å². The summed E-state index contributed by atoms with van der Waals surface area (Å²) >= 11 is 0. The van der Waals surface area contributed by atoms with Crippen LogP contribution in [-0.2, 0) is 11.3 Å². The fraction of sp³-hybridized carbons (Fsp3) is 0.312. The third-order valence-corrected chi connectivity index (χ3v) is 3.80. The number of rotatable bonds is 5. The Hall–Kier alpha value is -3.03. The summed E-state index contributed by atoms with van der Waals surface area (Å²) in [4.78, 5) is 39.0. The molecule has 0 aromatic carbocycles. The molecule has 0 aliphatic carbocycles. The van der Waals surface area contributed by atoms with E-state index in [1.165, 1.54) is 12.4 Å². The zero-order valence-corrected chi connectivity index (χ0v) is 13.1. The smallest absolute Gasteiger partial charge is 0.257 e. The van der Waals surface area contributed by atoms with E-state index in [9.17, 15) is 9.59 Å². The van der Waals surface area contributed by atoms with Crippen LogP contribution in [0.15, 0.2) is 36.8 Å². The highest BCUT2D eigenvalue weighted by Gasteiger charge is 2.21. The van der Waals surface area contributed by atoms with Gasteiger partial charge in [-0.05, 0) is 12.1 Å². The number of hydrogen-bond donors (Lipinski definition) is 1. The zero-order valence-electron chi connectivity index (χ0n) is 13.1. The van der Waals surface area contributed by atoms with Crippen molar-refractivity contribution in [3.8, 4) is 0 Å². The summed E-state index contributed by atoms with van der Waals surface area (Å²) in [5.74, 6) is 0.333. The molecule has 124 valence electrons. The maximum absolute atomic E-state index is 12.4. The van der Waals surface area contributed by atoms with Gasteiger partial charge in [0.2, 0.25) is 12.4 Å². The van der Waals surface area contributed by atoms with Gasteiger partial charge in [0.25, 0.3) is 5.91 Å². The summed E-state index contributed by atoms with van der Waals surface area (Å²) < 4.78 is 0. The van der Waals surface area contributed by atoms with Crippen LogP contribution in [0.4, 0.5) is 5.95 Å². The largest absolute Gasteiger partial charge is 0.349 e. The first kappa shape index (κ1) is 15.9. The SMILES string of the molecule is O=CN1CCN(C(=O)c2cnc(NCc3ccccn3)nc2)CC1. The molecule has 1 saturated heterocycles. The molecular weight excluding hydrogens is 308 g/mol. The van der Waals surface area contributed by atoms with Gasteiger partial charge in [-0.3, -0.25) is 14.6 Å². The molecule has 0 saturated carbocycles. The summed E-state index contributed by atoms with van der Waals surface area (Å²) in [6, 6.07) is 5.68. The highest BCUT2D eigenvalue weighted by Crippen LogP contribution is 2.08. The molecule has 2 aromatic heterocycles. The Balaban J connectivity index is 1.56. The number of aromatic nitrogens is 3. The minimum Gasteiger partial charge on any atom is -0.349 e. The fourth-order valence-corrected chi connectivity index (χ4v) is 2.42. The second-order valence-corrected chi connectivity index (χ2v) is 5.40. The molecule has 0 atom stereocenters. The van der Waals surface area contributed by atoms with Gasteiger partial charge in [0.1, 0.15) is 0 Å². The summed E-state index contributed by atoms with van der Waals surface area (Å²) in [5, 5.41) is 3.06. The van der Waals surface area contributed by atoms with Crippen LogP contribution in [0, 0.1) is 0 Å². The number of amides is 2. The van der Waals surface area contributed by atoms with Crippen molar-refractivity contribution in [2.75, 3.05) is 31.5 Å². The Morgan fingerprint density at radius 1 is 1.12 bits per heavy atom. The standard InChI is InChI=1S/C16H18N6O2/c23-12-21-5-7-22(8-6-21)15(24)13-9-18-16(19-10-13)20-11-14-3-1-2-4-17-14/h1-4,9-10,12H,5-8,11H2,(H,18,19,20). The first-order valence-electron chi connectivity index (χ1n) is 7.71. The lowest BCUT2D eigenvalue weighted by Gasteiger charge is -2.32. The molecule has 3 rings (SSSR count). The van der Waals surface area contributed by atoms with E-state index in [0.29, 0.717) is 44.2 Å². The molecule has 2 amide bonds. The maximum atomic E-state index is 12.4. The third kappa shape index (κ3) is 3.83. The monoisotopic (exact) mass is 326 g/mol. The van der Waals surface area contributed by atoms with Gasteiger partial charge in [-0.25, -0.2) is 9.97 Å². The lowest BCUT2D eigenvalue weighted by molar-refractivity contribution is -0.119. The summed E-state index contributed by atoms with van der Waals surface area (Å²) in [7, 11) is 0. The van der Waals surface area contributed by atoms with Crippen LogP contribution in [0.5, 0.6) is 0 Å². The van der Waals surface area contributed by atoms with Gasteiger partial charge in [0, 0.05) is 44.8 Å². The first-order valence-corrected chi connectivity index (χ1v) is 7.71. The van der Waals surface area contributed by atoms with Crippen LogP contribution in [0.3, 0.4) is 0 Å². The van der Waals surface area contributed by atoms with E-state index < -0.39 is 0 Å². The summed E-state index contributed by atoms with van der Waals surface area (Å²) in [6.07, 6.45) is 5.57. The van der Waals surface area contributed by atoms with Crippen molar-refractivity contribution in [3.05, 3.63) is 48.0 Å². The van der Waals surface area contributed by atoms with E-state index in [4.69, 9.17) is 0 Å². The number of nitrogens with zero attached hydrogens (tertiary/aromatic N) is 5. The van der Waals surface area contributed by atoms with Crippen molar-refractivity contribution in [1.82, 2.24) is 24.8 Å². The van der Waals surface area contributed by atoms with Crippen LogP contribution >= 0.6 is 0 Å². The summed E-state index contributed by atoms with van der Waals surface area (Å²) in [5.41, 5.74) is 1.33. The molecule has 24 heavy (non-hydrogen) atoms. The lowest BCUT2D eigenvalue weighted by Crippen LogP contribution is -2.48. The molecular formula is C16H18N6O2. The van der Waals surface area contributed by atoms with Gasteiger partial charge in [0.15, 0.2) is 0 Å². The minimum absolute atomic E-state index is 0.114.